The van der Waals surface area contributed by atoms with Gasteiger partial charge in [-0.2, -0.15) is 0 Å². The van der Waals surface area contributed by atoms with Gasteiger partial charge in [0.25, 0.3) is 0 Å². The Balaban J connectivity index is 1.91. The van der Waals surface area contributed by atoms with Crippen LogP contribution >= 0.6 is 0 Å². The lowest BCUT2D eigenvalue weighted by Crippen LogP contribution is -2.34. The SMILES string of the molecule is COc1ccc(C2CC2CN(O)C(N)=O)cc1. The molecule has 2 amide bonds. The molecule has 1 fully saturated rings. The number of ether oxygens (including phenoxy) is 1. The van der Waals surface area contributed by atoms with Gasteiger partial charge in [-0.15, -0.1) is 0 Å². The van der Waals surface area contributed by atoms with E-state index in [9.17, 15) is 10.0 Å². The largest absolute Gasteiger partial charge is 0.497 e. The second-order valence-corrected chi connectivity index (χ2v) is 4.30. The number of carbonyl (C=O) groups excluding carboxylic acids is 1. The van der Waals surface area contributed by atoms with E-state index in [1.165, 1.54) is 5.56 Å². The van der Waals surface area contributed by atoms with Crippen LogP contribution in [0.15, 0.2) is 24.3 Å². The van der Waals surface area contributed by atoms with Crippen LogP contribution in [0.5, 0.6) is 5.75 Å². The highest BCUT2D eigenvalue weighted by Crippen LogP contribution is 2.47. The molecule has 5 nitrogen and oxygen atoms in total. The lowest BCUT2D eigenvalue weighted by atomic mass is 10.1. The van der Waals surface area contributed by atoms with E-state index in [0.717, 1.165) is 12.2 Å². The molecule has 92 valence electrons. The molecular formula is C12H16N2O3. The average molecular weight is 236 g/mol. The van der Waals surface area contributed by atoms with Crippen LogP contribution in [0.25, 0.3) is 0 Å². The number of amides is 2. The summed E-state index contributed by atoms with van der Waals surface area (Å²) in [4.78, 5) is 10.7. The zero-order valence-electron chi connectivity index (χ0n) is 9.67. The van der Waals surface area contributed by atoms with Crippen molar-refractivity contribution in [1.29, 1.82) is 0 Å². The van der Waals surface area contributed by atoms with Crippen LogP contribution in [0, 0.1) is 5.92 Å². The zero-order valence-corrected chi connectivity index (χ0v) is 9.67. The van der Waals surface area contributed by atoms with Gasteiger partial charge in [0.2, 0.25) is 0 Å². The molecule has 0 aromatic heterocycles. The molecule has 1 aromatic carbocycles. The fraction of sp³-hybridized carbons (Fsp3) is 0.417. The second kappa shape index (κ2) is 4.63. The molecule has 2 atom stereocenters. The Morgan fingerprint density at radius 3 is 2.71 bits per heavy atom. The fourth-order valence-corrected chi connectivity index (χ4v) is 2.02. The first-order valence-electron chi connectivity index (χ1n) is 5.51. The summed E-state index contributed by atoms with van der Waals surface area (Å²) in [6.45, 7) is 0.298. The van der Waals surface area contributed by atoms with Crippen LogP contribution in [-0.2, 0) is 0 Å². The van der Waals surface area contributed by atoms with E-state index in [1.54, 1.807) is 7.11 Å². The first kappa shape index (κ1) is 11.7. The molecule has 1 aliphatic rings. The van der Waals surface area contributed by atoms with Gasteiger partial charge in [0.15, 0.2) is 0 Å². The standard InChI is InChI=1S/C12H16N2O3/c1-17-10-4-2-8(3-5-10)11-6-9(11)7-14(16)12(13)15/h2-5,9,11,16H,6-7H2,1H3,(H2,13,15). The van der Waals surface area contributed by atoms with E-state index in [-0.39, 0.29) is 0 Å². The summed E-state index contributed by atoms with van der Waals surface area (Å²) >= 11 is 0. The van der Waals surface area contributed by atoms with E-state index in [0.29, 0.717) is 23.4 Å². The highest BCUT2D eigenvalue weighted by atomic mass is 16.5. The molecule has 0 heterocycles. The Labute approximate surface area is 99.7 Å². The summed E-state index contributed by atoms with van der Waals surface area (Å²) in [5.41, 5.74) is 6.16. The number of carbonyl (C=O) groups is 1. The van der Waals surface area contributed by atoms with Crippen molar-refractivity contribution in [2.75, 3.05) is 13.7 Å². The van der Waals surface area contributed by atoms with Crippen LogP contribution in [0.1, 0.15) is 17.9 Å². The van der Waals surface area contributed by atoms with Crippen molar-refractivity contribution in [1.82, 2.24) is 5.06 Å². The number of benzene rings is 1. The van der Waals surface area contributed by atoms with Crippen LogP contribution in [0.4, 0.5) is 4.79 Å². The second-order valence-electron chi connectivity index (χ2n) is 4.30. The van der Waals surface area contributed by atoms with Crippen LogP contribution in [0.2, 0.25) is 0 Å². The minimum absolute atomic E-state index is 0.292. The molecule has 1 aliphatic carbocycles. The lowest BCUT2D eigenvalue weighted by molar-refractivity contribution is -0.0431. The van der Waals surface area contributed by atoms with Crippen LogP contribution in [-0.4, -0.2) is 30.0 Å². The molecule has 0 saturated heterocycles. The molecule has 1 aromatic rings. The smallest absolute Gasteiger partial charge is 0.338 e. The van der Waals surface area contributed by atoms with Crippen molar-refractivity contribution in [3.05, 3.63) is 29.8 Å². The number of urea groups is 1. The quantitative estimate of drug-likeness (QED) is 0.615. The number of nitrogens with zero attached hydrogens (tertiary/aromatic N) is 1. The van der Waals surface area contributed by atoms with Gasteiger partial charge in [-0.3, -0.25) is 5.21 Å². The molecule has 0 spiro atoms. The molecule has 0 aliphatic heterocycles. The summed E-state index contributed by atoms with van der Waals surface area (Å²) in [5, 5.41) is 9.80. The van der Waals surface area contributed by atoms with Gasteiger partial charge < -0.3 is 10.5 Å². The number of hydroxylamine groups is 2. The molecule has 5 heteroatoms. The third-order valence-electron chi connectivity index (χ3n) is 3.13. The Kier molecular flexibility index (Phi) is 3.19. The number of hydrogen-bond donors (Lipinski definition) is 2. The summed E-state index contributed by atoms with van der Waals surface area (Å²) in [7, 11) is 1.63. The average Bonchev–Trinajstić information content (AvgIpc) is 3.08. The predicted octanol–water partition coefficient (Wildman–Crippen LogP) is 1.57. The normalized spacial score (nSPS) is 22.0. The van der Waals surface area contributed by atoms with Gasteiger partial charge in [0.05, 0.1) is 13.7 Å². The van der Waals surface area contributed by atoms with Crippen molar-refractivity contribution in [3.8, 4) is 5.75 Å². The van der Waals surface area contributed by atoms with E-state index in [4.69, 9.17) is 10.5 Å². The number of rotatable bonds is 4. The highest BCUT2D eigenvalue weighted by Gasteiger charge is 2.39. The Bertz CT molecular complexity index is 405. The summed E-state index contributed by atoms with van der Waals surface area (Å²) in [6, 6.07) is 7.04. The summed E-state index contributed by atoms with van der Waals surface area (Å²) < 4.78 is 5.08. The molecule has 2 rings (SSSR count). The van der Waals surface area contributed by atoms with Gasteiger partial charge in [-0.1, -0.05) is 12.1 Å². The molecule has 3 N–H and O–H groups in total. The van der Waals surface area contributed by atoms with E-state index in [1.807, 2.05) is 24.3 Å². The maximum atomic E-state index is 10.7. The third-order valence-corrected chi connectivity index (χ3v) is 3.13. The number of hydrogen-bond acceptors (Lipinski definition) is 3. The van der Waals surface area contributed by atoms with Gasteiger partial charge in [-0.05, 0) is 36.0 Å². The van der Waals surface area contributed by atoms with Crippen molar-refractivity contribution in [3.63, 3.8) is 0 Å². The van der Waals surface area contributed by atoms with E-state index < -0.39 is 6.03 Å². The first-order valence-corrected chi connectivity index (χ1v) is 5.51. The highest BCUT2D eigenvalue weighted by molar-refractivity contribution is 5.70. The molecule has 0 radical (unpaired) electrons. The number of nitrogens with two attached hydrogens (primary N) is 1. The molecule has 2 unspecified atom stereocenters. The number of primary amides is 1. The first-order chi connectivity index (χ1) is 8.11. The van der Waals surface area contributed by atoms with Crippen molar-refractivity contribution in [2.45, 2.75) is 12.3 Å². The molecule has 0 bridgehead atoms. The molecular weight excluding hydrogens is 220 g/mol. The van der Waals surface area contributed by atoms with Gasteiger partial charge in [0.1, 0.15) is 5.75 Å². The lowest BCUT2D eigenvalue weighted by Gasteiger charge is -2.11. The van der Waals surface area contributed by atoms with E-state index in [2.05, 4.69) is 0 Å². The van der Waals surface area contributed by atoms with E-state index >= 15 is 0 Å². The van der Waals surface area contributed by atoms with Gasteiger partial charge in [0, 0.05) is 0 Å². The zero-order chi connectivity index (χ0) is 12.4. The Morgan fingerprint density at radius 1 is 1.53 bits per heavy atom. The van der Waals surface area contributed by atoms with Crippen LogP contribution < -0.4 is 10.5 Å². The molecule has 17 heavy (non-hydrogen) atoms. The van der Waals surface area contributed by atoms with Gasteiger partial charge in [-0.25, -0.2) is 9.86 Å². The van der Waals surface area contributed by atoms with Crippen molar-refractivity contribution < 1.29 is 14.7 Å². The summed E-state index contributed by atoms with van der Waals surface area (Å²) in [5.74, 6) is 1.52. The summed E-state index contributed by atoms with van der Waals surface area (Å²) in [6.07, 6.45) is 0.969. The van der Waals surface area contributed by atoms with Gasteiger partial charge >= 0.3 is 6.03 Å². The maximum Gasteiger partial charge on any atom is 0.338 e. The minimum Gasteiger partial charge on any atom is -0.497 e. The topological polar surface area (TPSA) is 75.8 Å². The Hall–Kier alpha value is -1.75. The monoisotopic (exact) mass is 236 g/mol. The maximum absolute atomic E-state index is 10.7. The predicted molar refractivity (Wildman–Crippen MR) is 61.9 cm³/mol. The Morgan fingerprint density at radius 2 is 2.18 bits per heavy atom. The van der Waals surface area contributed by atoms with Crippen LogP contribution in [0.3, 0.4) is 0 Å². The molecule has 1 saturated carbocycles. The van der Waals surface area contributed by atoms with Crippen molar-refractivity contribution in [2.24, 2.45) is 11.7 Å². The fourth-order valence-electron chi connectivity index (χ4n) is 2.02. The third kappa shape index (κ3) is 2.68. The number of methoxy groups -OCH3 is 1. The minimum atomic E-state index is -0.801. The van der Waals surface area contributed by atoms with Crippen molar-refractivity contribution >= 4 is 6.03 Å².